The minimum atomic E-state index is -0.568. The van der Waals surface area contributed by atoms with Crippen molar-refractivity contribution in [2.45, 2.75) is 6.92 Å². The molecule has 0 aliphatic heterocycles. The number of carbonyl (C=O) groups is 2. The van der Waals surface area contributed by atoms with Gasteiger partial charge in [0.15, 0.2) is 0 Å². The molecule has 2 aromatic carbocycles. The summed E-state index contributed by atoms with van der Waals surface area (Å²) in [5.74, 6) is -0.121. The average molecular weight is 412 g/mol. The minimum Gasteiger partial charge on any atom is -0.496 e. The van der Waals surface area contributed by atoms with Crippen molar-refractivity contribution in [1.82, 2.24) is 15.5 Å². The molecular formula is C20H20N4O6. The zero-order chi connectivity index (χ0) is 21.8. The number of nitrogens with one attached hydrogen (secondary N) is 4. The zero-order valence-corrected chi connectivity index (χ0v) is 16.5. The van der Waals surface area contributed by atoms with E-state index in [1.807, 2.05) is 0 Å². The Morgan fingerprint density at radius 3 is 2.27 bits per heavy atom. The second kappa shape index (κ2) is 8.52. The Hall–Kier alpha value is -4.08. The van der Waals surface area contributed by atoms with E-state index in [0.717, 1.165) is 5.56 Å². The number of fused-ring (bicyclic) bond motifs is 1. The molecule has 0 bridgehead atoms. The molecule has 0 saturated heterocycles. The van der Waals surface area contributed by atoms with Crippen LogP contribution < -0.4 is 31.2 Å². The van der Waals surface area contributed by atoms with Crippen LogP contribution >= 0.6 is 0 Å². The fourth-order valence-corrected chi connectivity index (χ4v) is 3.01. The number of H-pyrrole nitrogens is 2. The van der Waals surface area contributed by atoms with Crippen LogP contribution in [-0.2, 0) is 4.79 Å². The molecule has 1 aromatic heterocycles. The lowest BCUT2D eigenvalue weighted by atomic mass is 10.1. The summed E-state index contributed by atoms with van der Waals surface area (Å²) in [6.07, 6.45) is 0. The Morgan fingerprint density at radius 2 is 1.63 bits per heavy atom. The van der Waals surface area contributed by atoms with E-state index in [-0.39, 0.29) is 28.6 Å². The van der Waals surface area contributed by atoms with Crippen molar-refractivity contribution in [2.75, 3.05) is 26.1 Å². The van der Waals surface area contributed by atoms with Crippen LogP contribution in [0.25, 0.3) is 10.8 Å². The van der Waals surface area contributed by atoms with Crippen molar-refractivity contribution < 1.29 is 19.1 Å². The second-order valence-electron chi connectivity index (χ2n) is 6.37. The summed E-state index contributed by atoms with van der Waals surface area (Å²) in [7, 11) is 2.96. The molecule has 0 fully saturated rings. The number of anilines is 1. The van der Waals surface area contributed by atoms with Crippen LogP contribution in [0.4, 0.5) is 5.69 Å². The fraction of sp³-hybridized carbons (Fsp3) is 0.200. The van der Waals surface area contributed by atoms with Gasteiger partial charge in [-0.1, -0.05) is 6.07 Å². The highest BCUT2D eigenvalue weighted by Crippen LogP contribution is 2.29. The molecular weight excluding hydrogens is 392 g/mol. The molecule has 0 aliphatic carbocycles. The fourth-order valence-electron chi connectivity index (χ4n) is 3.01. The first-order valence-corrected chi connectivity index (χ1v) is 8.90. The number of aromatic nitrogens is 2. The predicted octanol–water partition coefficient (Wildman–Crippen LogP) is 0.911. The van der Waals surface area contributed by atoms with Gasteiger partial charge in [0.2, 0.25) is 5.91 Å². The van der Waals surface area contributed by atoms with Crippen LogP contribution in [0.3, 0.4) is 0 Å². The molecule has 156 valence electrons. The van der Waals surface area contributed by atoms with Crippen LogP contribution in [-0.4, -0.2) is 42.8 Å². The third-order valence-corrected chi connectivity index (χ3v) is 4.52. The highest BCUT2D eigenvalue weighted by molar-refractivity contribution is 6.04. The first-order valence-electron chi connectivity index (χ1n) is 8.90. The maximum absolute atomic E-state index is 12.5. The Balaban J connectivity index is 1.75. The largest absolute Gasteiger partial charge is 0.496 e. The van der Waals surface area contributed by atoms with Crippen LogP contribution in [0.1, 0.15) is 15.9 Å². The van der Waals surface area contributed by atoms with E-state index in [4.69, 9.17) is 9.47 Å². The van der Waals surface area contributed by atoms with Crippen molar-refractivity contribution in [3.63, 3.8) is 0 Å². The van der Waals surface area contributed by atoms with Gasteiger partial charge in [-0.15, -0.1) is 0 Å². The second-order valence-corrected chi connectivity index (χ2v) is 6.37. The molecule has 30 heavy (non-hydrogen) atoms. The highest BCUT2D eigenvalue weighted by atomic mass is 16.5. The molecule has 0 spiro atoms. The molecule has 3 rings (SSSR count). The van der Waals surface area contributed by atoms with Crippen LogP contribution in [0.2, 0.25) is 0 Å². The zero-order valence-electron chi connectivity index (χ0n) is 16.5. The van der Waals surface area contributed by atoms with E-state index >= 15 is 0 Å². The number of rotatable bonds is 6. The van der Waals surface area contributed by atoms with Crippen molar-refractivity contribution in [1.29, 1.82) is 0 Å². The molecule has 1 heterocycles. The monoisotopic (exact) mass is 412 g/mol. The number of methoxy groups -OCH3 is 2. The van der Waals surface area contributed by atoms with E-state index in [9.17, 15) is 19.2 Å². The number of amides is 2. The lowest BCUT2D eigenvalue weighted by Gasteiger charge is -2.13. The third kappa shape index (κ3) is 4.02. The normalized spacial score (nSPS) is 10.5. The molecule has 0 saturated carbocycles. The summed E-state index contributed by atoms with van der Waals surface area (Å²) >= 11 is 0. The average Bonchev–Trinajstić information content (AvgIpc) is 2.74. The molecule has 10 nitrogen and oxygen atoms in total. The molecule has 0 atom stereocenters. The lowest BCUT2D eigenvalue weighted by Crippen LogP contribution is -2.33. The van der Waals surface area contributed by atoms with Crippen LogP contribution in [0, 0.1) is 6.92 Å². The van der Waals surface area contributed by atoms with Crippen molar-refractivity contribution in [3.8, 4) is 11.5 Å². The van der Waals surface area contributed by atoms with Gasteiger partial charge < -0.3 is 20.1 Å². The third-order valence-electron chi connectivity index (χ3n) is 4.52. The van der Waals surface area contributed by atoms with Gasteiger partial charge in [0.1, 0.15) is 11.5 Å². The number of hydrogen-bond acceptors (Lipinski definition) is 6. The van der Waals surface area contributed by atoms with Gasteiger partial charge in [0, 0.05) is 11.1 Å². The Bertz CT molecular complexity index is 1220. The van der Waals surface area contributed by atoms with Gasteiger partial charge in [-0.05, 0) is 31.2 Å². The van der Waals surface area contributed by atoms with Gasteiger partial charge in [0.05, 0.1) is 37.2 Å². The number of aromatic amines is 2. The van der Waals surface area contributed by atoms with E-state index in [1.54, 1.807) is 19.1 Å². The number of hydrogen-bond donors (Lipinski definition) is 4. The summed E-state index contributed by atoms with van der Waals surface area (Å²) in [5, 5.41) is 9.66. The molecule has 2 amide bonds. The summed E-state index contributed by atoms with van der Waals surface area (Å²) in [5.41, 5.74) is 0.123. The van der Waals surface area contributed by atoms with Gasteiger partial charge in [-0.2, -0.15) is 0 Å². The summed E-state index contributed by atoms with van der Waals surface area (Å²) in [6.45, 7) is 1.44. The molecule has 3 aromatic rings. The Kier molecular flexibility index (Phi) is 5.86. The number of benzene rings is 2. The van der Waals surface area contributed by atoms with Gasteiger partial charge in [-0.3, -0.25) is 29.4 Å². The standard InChI is InChI=1S/C20H20N4O6/c1-10-14(29-2)7-11(8-15(10)30-3)18(26)21-9-16(25)22-13-6-4-5-12-17(13)20(28)24-23-19(12)27/h4-8H,9H2,1-3H3,(H,21,26)(H,22,25)(H,23,27)(H,24,28). The van der Waals surface area contributed by atoms with Crippen molar-refractivity contribution in [3.05, 3.63) is 62.2 Å². The maximum atomic E-state index is 12.5. The molecule has 4 N–H and O–H groups in total. The SMILES string of the molecule is COc1cc(C(=O)NCC(=O)Nc2cccc3c(=O)[nH][nH]c(=O)c23)cc(OC)c1C. The number of ether oxygens (including phenoxy) is 2. The smallest absolute Gasteiger partial charge is 0.272 e. The summed E-state index contributed by atoms with van der Waals surface area (Å²) in [4.78, 5) is 48.7. The van der Waals surface area contributed by atoms with E-state index in [0.29, 0.717) is 11.5 Å². The predicted molar refractivity (Wildman–Crippen MR) is 110 cm³/mol. The Morgan fingerprint density at radius 1 is 1.00 bits per heavy atom. The minimum absolute atomic E-state index is 0.0499. The van der Waals surface area contributed by atoms with Gasteiger partial charge in [0.25, 0.3) is 17.0 Å². The first-order chi connectivity index (χ1) is 14.3. The molecule has 0 aliphatic rings. The molecule has 10 heteroatoms. The highest BCUT2D eigenvalue weighted by Gasteiger charge is 2.15. The summed E-state index contributed by atoms with van der Waals surface area (Å²) < 4.78 is 10.5. The first kappa shape index (κ1) is 20.6. The molecule has 0 unspecified atom stereocenters. The topological polar surface area (TPSA) is 142 Å². The number of carbonyl (C=O) groups excluding carboxylic acids is 2. The van der Waals surface area contributed by atoms with E-state index < -0.39 is 22.9 Å². The van der Waals surface area contributed by atoms with Gasteiger partial charge >= 0.3 is 0 Å². The summed E-state index contributed by atoms with van der Waals surface area (Å²) in [6, 6.07) is 7.59. The van der Waals surface area contributed by atoms with Crippen LogP contribution in [0.15, 0.2) is 39.9 Å². The van der Waals surface area contributed by atoms with E-state index in [2.05, 4.69) is 20.8 Å². The van der Waals surface area contributed by atoms with Gasteiger partial charge in [-0.25, -0.2) is 0 Å². The maximum Gasteiger partial charge on any atom is 0.272 e. The van der Waals surface area contributed by atoms with E-state index in [1.165, 1.54) is 32.4 Å². The lowest BCUT2D eigenvalue weighted by molar-refractivity contribution is -0.115. The van der Waals surface area contributed by atoms with Crippen molar-refractivity contribution in [2.24, 2.45) is 0 Å². The quantitative estimate of drug-likeness (QED) is 0.474. The Labute approximate surface area is 170 Å². The van der Waals surface area contributed by atoms with Crippen molar-refractivity contribution >= 4 is 28.3 Å². The van der Waals surface area contributed by atoms with Crippen LogP contribution in [0.5, 0.6) is 11.5 Å². The molecule has 0 radical (unpaired) electrons.